The summed E-state index contributed by atoms with van der Waals surface area (Å²) in [7, 11) is 0. The Morgan fingerprint density at radius 2 is 1.78 bits per heavy atom. The van der Waals surface area contributed by atoms with Gasteiger partial charge in [0.15, 0.2) is 6.10 Å². The van der Waals surface area contributed by atoms with Crippen molar-refractivity contribution in [2.24, 2.45) is 0 Å². The summed E-state index contributed by atoms with van der Waals surface area (Å²) in [6, 6.07) is 8.06. The van der Waals surface area contributed by atoms with E-state index in [2.05, 4.69) is 10.3 Å². The first kappa shape index (κ1) is 22.0. The van der Waals surface area contributed by atoms with E-state index in [0.29, 0.717) is 17.9 Å². The maximum Gasteiger partial charge on any atom is 0.337 e. The van der Waals surface area contributed by atoms with Crippen molar-refractivity contribution < 1.29 is 19.4 Å². The van der Waals surface area contributed by atoms with Gasteiger partial charge in [-0.1, -0.05) is 35.0 Å². The number of aryl methyl sites for hydroxylation is 2. The summed E-state index contributed by atoms with van der Waals surface area (Å²) in [4.78, 5) is 12.5. The van der Waals surface area contributed by atoms with Gasteiger partial charge in [-0.3, -0.25) is 0 Å². The summed E-state index contributed by atoms with van der Waals surface area (Å²) >= 11 is 0. The lowest BCUT2D eigenvalue weighted by molar-refractivity contribution is -0.160. The Kier molecular flexibility index (Phi) is 5.33. The summed E-state index contributed by atoms with van der Waals surface area (Å²) < 4.78 is 14.1. The molecule has 32 heavy (non-hydrogen) atoms. The Morgan fingerprint density at radius 3 is 2.38 bits per heavy atom. The van der Waals surface area contributed by atoms with Gasteiger partial charge in [-0.05, 0) is 65.2 Å². The highest BCUT2D eigenvalue weighted by Gasteiger charge is 2.36. The molecule has 0 radical (unpaired) electrons. The van der Waals surface area contributed by atoms with E-state index in [1.807, 2.05) is 72.7 Å². The van der Waals surface area contributed by atoms with E-state index < -0.39 is 17.7 Å². The quantitative estimate of drug-likeness (QED) is 0.621. The third-order valence-corrected chi connectivity index (χ3v) is 5.78. The minimum Gasteiger partial charge on any atom is -0.485 e. The number of carboxylic acids is 1. The van der Waals surface area contributed by atoms with Gasteiger partial charge in [-0.2, -0.15) is 0 Å². The second kappa shape index (κ2) is 7.74. The minimum absolute atomic E-state index is 0.361. The van der Waals surface area contributed by atoms with Crippen molar-refractivity contribution in [3.8, 4) is 22.6 Å². The molecule has 7 heteroatoms. The summed E-state index contributed by atoms with van der Waals surface area (Å²) in [5, 5.41) is 18.8. The van der Waals surface area contributed by atoms with Gasteiger partial charge >= 0.3 is 5.97 Å². The number of rotatable bonds is 4. The summed E-state index contributed by atoms with van der Waals surface area (Å²) in [6.07, 6.45) is -1.16. The highest BCUT2D eigenvalue weighted by Crippen LogP contribution is 2.47. The summed E-state index contributed by atoms with van der Waals surface area (Å²) in [5.41, 5.74) is 6.79. The Hall–Kier alpha value is -3.19. The fraction of sp³-hybridized carbons (Fsp3) is 0.400. The molecule has 2 heterocycles. The van der Waals surface area contributed by atoms with Crippen LogP contribution in [0.1, 0.15) is 60.5 Å². The minimum atomic E-state index is -1.16. The number of carbonyl (C=O) groups is 1. The molecule has 0 unspecified atom stereocenters. The molecule has 168 valence electrons. The molecular formula is C25H29N3O4. The second-order valence-electron chi connectivity index (χ2n) is 9.35. The van der Waals surface area contributed by atoms with E-state index in [-0.39, 0.29) is 0 Å². The zero-order chi connectivity index (χ0) is 23.4. The average Bonchev–Trinajstić information content (AvgIpc) is 3.09. The fourth-order valence-corrected chi connectivity index (χ4v) is 4.28. The topological polar surface area (TPSA) is 86.5 Å². The van der Waals surface area contributed by atoms with Crippen LogP contribution in [0.2, 0.25) is 0 Å². The van der Waals surface area contributed by atoms with Crippen LogP contribution in [0.5, 0.6) is 5.75 Å². The van der Waals surface area contributed by atoms with Crippen LogP contribution in [0.4, 0.5) is 0 Å². The van der Waals surface area contributed by atoms with Crippen molar-refractivity contribution in [2.45, 2.75) is 66.8 Å². The highest BCUT2D eigenvalue weighted by atomic mass is 16.5. The van der Waals surface area contributed by atoms with Gasteiger partial charge in [0.05, 0.1) is 11.3 Å². The molecule has 2 aromatic carbocycles. The molecule has 0 amide bonds. The van der Waals surface area contributed by atoms with Gasteiger partial charge in [-0.15, -0.1) is 5.10 Å². The van der Waals surface area contributed by atoms with Crippen LogP contribution in [0.25, 0.3) is 16.8 Å². The van der Waals surface area contributed by atoms with Crippen LogP contribution in [0.3, 0.4) is 0 Å². The zero-order valence-corrected chi connectivity index (χ0v) is 19.6. The van der Waals surface area contributed by atoms with Crippen LogP contribution in [-0.4, -0.2) is 31.7 Å². The normalized spacial score (nSPS) is 13.8. The molecule has 3 aromatic rings. The molecule has 7 nitrogen and oxygen atoms in total. The lowest BCUT2D eigenvalue weighted by atomic mass is 9.86. The molecule has 0 saturated heterocycles. The number of fused-ring (bicyclic) bond motifs is 3. The van der Waals surface area contributed by atoms with E-state index in [9.17, 15) is 9.90 Å². The van der Waals surface area contributed by atoms with Crippen LogP contribution >= 0.6 is 0 Å². The predicted molar refractivity (Wildman–Crippen MR) is 121 cm³/mol. The first-order valence-electron chi connectivity index (χ1n) is 10.7. The Labute approximate surface area is 188 Å². The van der Waals surface area contributed by atoms with E-state index in [1.165, 1.54) is 0 Å². The van der Waals surface area contributed by atoms with E-state index >= 15 is 0 Å². The van der Waals surface area contributed by atoms with Crippen molar-refractivity contribution in [2.75, 3.05) is 0 Å². The van der Waals surface area contributed by atoms with E-state index in [0.717, 1.165) is 44.9 Å². The molecule has 0 fully saturated rings. The monoisotopic (exact) mass is 435 g/mol. The maximum atomic E-state index is 12.5. The van der Waals surface area contributed by atoms with Crippen LogP contribution < -0.4 is 4.74 Å². The molecular weight excluding hydrogens is 406 g/mol. The number of aliphatic carboxylic acids is 1. The van der Waals surface area contributed by atoms with E-state index in [4.69, 9.17) is 9.47 Å². The fourth-order valence-electron chi connectivity index (χ4n) is 4.28. The molecule has 0 saturated carbocycles. The standard InChI is InChI=1S/C25H29N3O4/c1-13-8-10-17(11-9-13)19-15(3)22-21(28-18(12-31-22)16(4)26-27-28)14(2)20(19)23(24(29)30)32-25(5,6)7/h8-11,23H,12H2,1-7H3,(H,29,30)/t23-/m0/s1. The molecule has 0 aliphatic carbocycles. The smallest absolute Gasteiger partial charge is 0.337 e. The van der Waals surface area contributed by atoms with Gasteiger partial charge in [0, 0.05) is 11.1 Å². The number of hydrogen-bond donors (Lipinski definition) is 1. The maximum absolute atomic E-state index is 12.5. The molecule has 4 rings (SSSR count). The molecule has 1 aliphatic rings. The summed E-state index contributed by atoms with van der Waals surface area (Å²) in [6.45, 7) is 13.7. The zero-order valence-electron chi connectivity index (χ0n) is 19.6. The van der Waals surface area contributed by atoms with Crippen molar-refractivity contribution in [1.82, 2.24) is 15.0 Å². The third-order valence-electron chi connectivity index (χ3n) is 5.78. The van der Waals surface area contributed by atoms with Gasteiger partial charge in [-0.25, -0.2) is 9.48 Å². The second-order valence-corrected chi connectivity index (χ2v) is 9.35. The lowest BCUT2D eigenvalue weighted by Crippen LogP contribution is -2.29. The molecule has 1 atom stereocenters. The van der Waals surface area contributed by atoms with Gasteiger partial charge in [0.2, 0.25) is 0 Å². The number of ether oxygens (including phenoxy) is 2. The highest BCUT2D eigenvalue weighted by molar-refractivity contribution is 5.86. The number of aromatic nitrogens is 3. The van der Waals surface area contributed by atoms with Crippen LogP contribution in [0, 0.1) is 27.7 Å². The number of carboxylic acid groups (broad SMARTS) is 1. The summed E-state index contributed by atoms with van der Waals surface area (Å²) in [5.74, 6) is -0.346. The van der Waals surface area contributed by atoms with Gasteiger partial charge in [0.25, 0.3) is 0 Å². The SMILES string of the molecule is Cc1ccc(-c2c(C)c3c(c(C)c2[C@H](OC(C)(C)C)C(=O)O)-n2nnc(C)c2CO3)cc1. The molecule has 1 aliphatic heterocycles. The Bertz CT molecular complexity index is 1200. The lowest BCUT2D eigenvalue weighted by Gasteiger charge is -2.32. The van der Waals surface area contributed by atoms with Crippen LogP contribution in [-0.2, 0) is 16.1 Å². The molecule has 1 aromatic heterocycles. The number of hydrogen-bond acceptors (Lipinski definition) is 5. The molecule has 0 spiro atoms. The van der Waals surface area contributed by atoms with E-state index in [1.54, 1.807) is 4.68 Å². The third kappa shape index (κ3) is 3.66. The number of benzene rings is 2. The van der Waals surface area contributed by atoms with Crippen molar-refractivity contribution in [1.29, 1.82) is 0 Å². The van der Waals surface area contributed by atoms with Gasteiger partial charge < -0.3 is 14.6 Å². The first-order chi connectivity index (χ1) is 15.0. The Morgan fingerprint density at radius 1 is 1.12 bits per heavy atom. The van der Waals surface area contributed by atoms with Crippen molar-refractivity contribution >= 4 is 5.97 Å². The number of nitrogens with zero attached hydrogens (tertiary/aromatic N) is 3. The Balaban J connectivity index is 2.09. The van der Waals surface area contributed by atoms with Gasteiger partial charge in [0.1, 0.15) is 23.7 Å². The molecule has 1 N–H and O–H groups in total. The predicted octanol–water partition coefficient (Wildman–Crippen LogP) is 5.00. The van der Waals surface area contributed by atoms with Crippen LogP contribution in [0.15, 0.2) is 24.3 Å². The van der Waals surface area contributed by atoms with Crippen molar-refractivity contribution in [3.63, 3.8) is 0 Å². The first-order valence-corrected chi connectivity index (χ1v) is 10.7. The largest absolute Gasteiger partial charge is 0.485 e. The van der Waals surface area contributed by atoms with Crippen molar-refractivity contribution in [3.05, 3.63) is 57.9 Å². The average molecular weight is 436 g/mol. The molecule has 0 bridgehead atoms.